The van der Waals surface area contributed by atoms with Gasteiger partial charge in [0.15, 0.2) is 5.82 Å². The molecule has 0 spiro atoms. The molecular weight excluding hydrogens is 456 g/mol. The van der Waals surface area contributed by atoms with E-state index >= 15 is 0 Å². The summed E-state index contributed by atoms with van der Waals surface area (Å²) in [5.74, 6) is 2.67. The van der Waals surface area contributed by atoms with E-state index < -0.39 is 0 Å². The Labute approximate surface area is 211 Å². The quantitative estimate of drug-likeness (QED) is 0.547. The molecule has 0 aliphatic carbocycles. The van der Waals surface area contributed by atoms with E-state index in [1.165, 1.54) is 5.56 Å². The lowest BCUT2D eigenvalue weighted by molar-refractivity contribution is 0.0984. The summed E-state index contributed by atoms with van der Waals surface area (Å²) in [4.78, 5) is 31.3. The van der Waals surface area contributed by atoms with Crippen LogP contribution in [0.25, 0.3) is 11.4 Å². The van der Waals surface area contributed by atoms with Gasteiger partial charge in [-0.15, -0.1) is 0 Å². The largest absolute Gasteiger partial charge is 0.377 e. The standard InChI is InChI=1S/C26H34N8O2/c1-4-27-25(35)29-20-8-6-19(7-9-20)23-30-22-16-33(26-28-11-13-32(26)5-2)12-10-21(22)24(31-23)34-14-15-36-17-18(34)3/h6-9,11,13,18H,4-5,10,12,14-17H2,1-3H3,(H2,27,29,35). The highest BCUT2D eigenvalue weighted by Gasteiger charge is 2.30. The topological polar surface area (TPSA) is 100 Å². The van der Waals surface area contributed by atoms with Crippen LogP contribution in [-0.4, -0.2) is 64.4 Å². The molecule has 0 radical (unpaired) electrons. The zero-order chi connectivity index (χ0) is 25.1. The average molecular weight is 491 g/mol. The average Bonchev–Trinajstić information content (AvgIpc) is 3.38. The van der Waals surface area contributed by atoms with Crippen LogP contribution in [0.4, 0.5) is 22.2 Å². The Hall–Kier alpha value is -3.66. The van der Waals surface area contributed by atoms with Gasteiger partial charge < -0.3 is 29.7 Å². The van der Waals surface area contributed by atoms with E-state index in [-0.39, 0.29) is 12.1 Å². The van der Waals surface area contributed by atoms with Gasteiger partial charge in [0, 0.05) is 55.4 Å². The first-order valence-electron chi connectivity index (χ1n) is 12.7. The number of ether oxygens (including phenoxy) is 1. The number of carbonyl (C=O) groups is 1. The number of carbonyl (C=O) groups excluding carboxylic acids is 1. The number of aryl methyl sites for hydroxylation is 1. The number of benzene rings is 1. The molecule has 1 aromatic carbocycles. The molecule has 4 heterocycles. The minimum atomic E-state index is -0.218. The number of nitrogens with one attached hydrogen (secondary N) is 2. The fourth-order valence-electron chi connectivity index (χ4n) is 4.86. The smallest absolute Gasteiger partial charge is 0.319 e. The van der Waals surface area contributed by atoms with Crippen LogP contribution in [0.1, 0.15) is 32.0 Å². The first kappa shape index (κ1) is 24.1. The van der Waals surface area contributed by atoms with Gasteiger partial charge in [0.05, 0.1) is 31.5 Å². The first-order chi connectivity index (χ1) is 17.6. The van der Waals surface area contributed by atoms with Crippen LogP contribution in [0, 0.1) is 0 Å². The van der Waals surface area contributed by atoms with Gasteiger partial charge in [0.1, 0.15) is 5.82 Å². The van der Waals surface area contributed by atoms with Gasteiger partial charge in [-0.2, -0.15) is 0 Å². The zero-order valence-corrected chi connectivity index (χ0v) is 21.2. The second-order valence-electron chi connectivity index (χ2n) is 9.16. The van der Waals surface area contributed by atoms with E-state index in [9.17, 15) is 4.79 Å². The summed E-state index contributed by atoms with van der Waals surface area (Å²) in [7, 11) is 0. The number of imidazole rings is 1. The normalized spacial score (nSPS) is 17.6. The van der Waals surface area contributed by atoms with E-state index in [2.05, 4.69) is 43.8 Å². The highest BCUT2D eigenvalue weighted by molar-refractivity contribution is 5.89. The van der Waals surface area contributed by atoms with Crippen LogP contribution in [0.5, 0.6) is 0 Å². The number of hydrogen-bond donors (Lipinski definition) is 2. The molecule has 2 aliphatic heterocycles. The Morgan fingerprint density at radius 3 is 2.75 bits per heavy atom. The molecular formula is C26H34N8O2. The van der Waals surface area contributed by atoms with Crippen molar-refractivity contribution in [1.29, 1.82) is 0 Å². The highest BCUT2D eigenvalue weighted by Crippen LogP contribution is 2.33. The van der Waals surface area contributed by atoms with Crippen molar-refractivity contribution in [1.82, 2.24) is 24.8 Å². The maximum absolute atomic E-state index is 11.9. The van der Waals surface area contributed by atoms with Crippen molar-refractivity contribution >= 4 is 23.5 Å². The Kier molecular flexibility index (Phi) is 7.04. The molecule has 3 aromatic rings. The lowest BCUT2D eigenvalue weighted by Crippen LogP contribution is -2.45. The van der Waals surface area contributed by atoms with Gasteiger partial charge in [-0.05, 0) is 51.5 Å². The number of urea groups is 1. The highest BCUT2D eigenvalue weighted by atomic mass is 16.5. The second-order valence-corrected chi connectivity index (χ2v) is 9.16. The van der Waals surface area contributed by atoms with Crippen molar-refractivity contribution in [2.75, 3.05) is 48.0 Å². The number of hydrogen-bond acceptors (Lipinski definition) is 7. The Morgan fingerprint density at radius 2 is 2.00 bits per heavy atom. The molecule has 10 heteroatoms. The molecule has 10 nitrogen and oxygen atoms in total. The minimum absolute atomic E-state index is 0.218. The van der Waals surface area contributed by atoms with E-state index in [1.54, 1.807) is 0 Å². The molecule has 1 saturated heterocycles. The van der Waals surface area contributed by atoms with Gasteiger partial charge >= 0.3 is 6.03 Å². The van der Waals surface area contributed by atoms with E-state index in [4.69, 9.17) is 14.7 Å². The number of aromatic nitrogens is 4. The first-order valence-corrected chi connectivity index (χ1v) is 12.7. The molecule has 1 fully saturated rings. The number of rotatable bonds is 6. The Balaban J connectivity index is 1.50. The summed E-state index contributed by atoms with van der Waals surface area (Å²) >= 11 is 0. The van der Waals surface area contributed by atoms with Crippen molar-refractivity contribution in [3.05, 3.63) is 47.9 Å². The molecule has 0 bridgehead atoms. The number of nitrogens with zero attached hydrogens (tertiary/aromatic N) is 6. The lowest BCUT2D eigenvalue weighted by atomic mass is 10.0. The second kappa shape index (κ2) is 10.5. The Bertz CT molecular complexity index is 1210. The molecule has 2 amide bonds. The third kappa shape index (κ3) is 4.86. The van der Waals surface area contributed by atoms with Crippen molar-refractivity contribution < 1.29 is 9.53 Å². The van der Waals surface area contributed by atoms with E-state index in [0.29, 0.717) is 32.1 Å². The van der Waals surface area contributed by atoms with Crippen molar-refractivity contribution in [2.24, 2.45) is 0 Å². The van der Waals surface area contributed by atoms with Gasteiger partial charge in [0.2, 0.25) is 5.95 Å². The van der Waals surface area contributed by atoms with Crippen molar-refractivity contribution in [3.8, 4) is 11.4 Å². The summed E-state index contributed by atoms with van der Waals surface area (Å²) in [6.07, 6.45) is 4.74. The monoisotopic (exact) mass is 490 g/mol. The van der Waals surface area contributed by atoms with Gasteiger partial charge in [-0.1, -0.05) is 0 Å². The van der Waals surface area contributed by atoms with Gasteiger partial charge in [-0.25, -0.2) is 19.7 Å². The minimum Gasteiger partial charge on any atom is -0.377 e. The zero-order valence-electron chi connectivity index (χ0n) is 21.2. The lowest BCUT2D eigenvalue weighted by Gasteiger charge is -2.38. The molecule has 2 N–H and O–H groups in total. The summed E-state index contributed by atoms with van der Waals surface area (Å²) in [6.45, 7) is 11.4. The number of fused-ring (bicyclic) bond motifs is 1. The van der Waals surface area contributed by atoms with Crippen molar-refractivity contribution in [3.63, 3.8) is 0 Å². The molecule has 190 valence electrons. The summed E-state index contributed by atoms with van der Waals surface area (Å²) < 4.78 is 7.87. The maximum Gasteiger partial charge on any atom is 0.319 e. The SMILES string of the molecule is CCNC(=O)Nc1ccc(-c2nc3c(c(N4CCOCC4C)n2)CCN(c2nccn2CC)C3)cc1. The molecule has 5 rings (SSSR count). The third-order valence-corrected chi connectivity index (χ3v) is 6.74. The molecule has 0 saturated carbocycles. The van der Waals surface area contributed by atoms with Crippen LogP contribution < -0.4 is 20.4 Å². The maximum atomic E-state index is 11.9. The third-order valence-electron chi connectivity index (χ3n) is 6.74. The van der Waals surface area contributed by atoms with Crippen LogP contribution in [0.2, 0.25) is 0 Å². The number of morpholine rings is 1. The van der Waals surface area contributed by atoms with E-state index in [0.717, 1.165) is 54.8 Å². The van der Waals surface area contributed by atoms with E-state index in [1.807, 2.05) is 43.6 Å². The van der Waals surface area contributed by atoms with Gasteiger partial charge in [0.25, 0.3) is 0 Å². The predicted octanol–water partition coefficient (Wildman–Crippen LogP) is 3.29. The fraction of sp³-hybridized carbons (Fsp3) is 0.462. The molecule has 1 unspecified atom stereocenters. The van der Waals surface area contributed by atoms with Crippen LogP contribution in [-0.2, 0) is 24.2 Å². The van der Waals surface area contributed by atoms with Crippen LogP contribution in [0.3, 0.4) is 0 Å². The predicted molar refractivity (Wildman–Crippen MR) is 140 cm³/mol. The molecule has 36 heavy (non-hydrogen) atoms. The Morgan fingerprint density at radius 1 is 1.17 bits per heavy atom. The van der Waals surface area contributed by atoms with Crippen molar-refractivity contribution in [2.45, 2.75) is 46.3 Å². The molecule has 2 aliphatic rings. The van der Waals surface area contributed by atoms with Crippen LogP contribution in [0.15, 0.2) is 36.7 Å². The van der Waals surface area contributed by atoms with Crippen LogP contribution >= 0.6 is 0 Å². The summed E-state index contributed by atoms with van der Waals surface area (Å²) in [5, 5.41) is 5.59. The molecule has 1 atom stereocenters. The fourth-order valence-corrected chi connectivity index (χ4v) is 4.86. The summed E-state index contributed by atoms with van der Waals surface area (Å²) in [6, 6.07) is 7.71. The van der Waals surface area contributed by atoms with Gasteiger partial charge in [-0.3, -0.25) is 0 Å². The number of amides is 2. The molecule has 2 aromatic heterocycles. The summed E-state index contributed by atoms with van der Waals surface area (Å²) in [5.41, 5.74) is 3.89. The number of anilines is 3.